The van der Waals surface area contributed by atoms with Crippen molar-refractivity contribution in [2.24, 2.45) is 10.6 Å². The summed E-state index contributed by atoms with van der Waals surface area (Å²) in [6.45, 7) is 2.00. The molecule has 0 aliphatic carbocycles. The highest BCUT2D eigenvalue weighted by atomic mass is 35.5. The Morgan fingerprint density at radius 1 is 1.13 bits per heavy atom. The number of thioether (sulfide) groups is 1. The smallest absolute Gasteiger partial charge is 0.318 e. The highest BCUT2D eigenvalue weighted by Crippen LogP contribution is 2.44. The van der Waals surface area contributed by atoms with Gasteiger partial charge in [-0.15, -0.1) is 34.7 Å². The molecule has 2 aliphatic heterocycles. The van der Waals surface area contributed by atoms with E-state index in [1.165, 1.54) is 24.3 Å². The minimum atomic E-state index is -1.13. The van der Waals surface area contributed by atoms with Crippen LogP contribution in [0.3, 0.4) is 0 Å². The monoisotopic (exact) mass is 685 g/mol. The van der Waals surface area contributed by atoms with Crippen molar-refractivity contribution >= 4 is 69.2 Å². The second-order valence-corrected chi connectivity index (χ2v) is 12.7. The molecule has 5 rings (SSSR count). The molecule has 15 heteroatoms. The number of β-lactam (4-membered cyclic amide) rings is 1. The first-order valence-electron chi connectivity index (χ1n) is 14.3. The Bertz CT molecular complexity index is 1550. The lowest BCUT2D eigenvalue weighted by Crippen LogP contribution is -2.74. The van der Waals surface area contributed by atoms with Gasteiger partial charge in [-0.2, -0.15) is 0 Å². The number of esters is 1. The van der Waals surface area contributed by atoms with Crippen LogP contribution in [-0.4, -0.2) is 89.2 Å². The van der Waals surface area contributed by atoms with Gasteiger partial charge in [-0.25, -0.2) is 4.98 Å². The molecule has 3 amide bonds. The van der Waals surface area contributed by atoms with Gasteiger partial charge in [0.15, 0.2) is 16.9 Å². The summed E-state index contributed by atoms with van der Waals surface area (Å²) in [5.74, 6) is -1.91. The van der Waals surface area contributed by atoms with Gasteiger partial charge < -0.3 is 29.8 Å². The number of carbonyl (C=O) groups excluding carboxylic acids is 4. The molecule has 0 bridgehead atoms. The quantitative estimate of drug-likeness (QED) is 0.0908. The van der Waals surface area contributed by atoms with E-state index >= 15 is 0 Å². The maximum atomic E-state index is 14.0. The summed E-state index contributed by atoms with van der Waals surface area (Å²) in [7, 11) is 1.50. The standard InChI is InChI=1S/C31H32ClN5O7S2/c1-3-43-36-23(21-15-45-30(33-21)34-22(38)14-32)26(39)35-24-27(40)37-16-31(17-42-2,18-46-28(24)37)29(41)44-25(19-10-6-4-7-11-19)20-12-8-5-9-13-20/h4-13,15,24-25,28H,3,14,16-18H2,1-2H3,(H,35,39)(H,33,34,38)/t24?,28-,31?/m1/s1. The zero-order valence-corrected chi connectivity index (χ0v) is 27.4. The van der Waals surface area contributed by atoms with Crippen LogP contribution in [0.1, 0.15) is 29.8 Å². The van der Waals surface area contributed by atoms with E-state index in [0.717, 1.165) is 22.5 Å². The molecule has 2 fully saturated rings. The molecule has 1 aromatic heterocycles. The third kappa shape index (κ3) is 7.20. The van der Waals surface area contributed by atoms with E-state index in [1.807, 2.05) is 60.7 Å². The van der Waals surface area contributed by atoms with Gasteiger partial charge in [0, 0.05) is 24.8 Å². The summed E-state index contributed by atoms with van der Waals surface area (Å²) in [5.41, 5.74) is 0.513. The Hall–Kier alpha value is -3.98. The van der Waals surface area contributed by atoms with Gasteiger partial charge in [0.25, 0.3) is 5.91 Å². The molecule has 3 aromatic rings. The van der Waals surface area contributed by atoms with Gasteiger partial charge in [0.1, 0.15) is 35.0 Å². The summed E-state index contributed by atoms with van der Waals surface area (Å²) < 4.78 is 11.7. The van der Waals surface area contributed by atoms with Crippen molar-refractivity contribution in [3.8, 4) is 0 Å². The third-order valence-corrected chi connectivity index (χ3v) is 9.92. The van der Waals surface area contributed by atoms with E-state index < -0.39 is 40.7 Å². The van der Waals surface area contributed by atoms with Gasteiger partial charge in [0.2, 0.25) is 11.8 Å². The number of aromatic nitrogens is 1. The van der Waals surface area contributed by atoms with Crippen molar-refractivity contribution in [1.82, 2.24) is 15.2 Å². The van der Waals surface area contributed by atoms with Crippen molar-refractivity contribution < 1.29 is 33.5 Å². The molecule has 0 radical (unpaired) electrons. The molecule has 46 heavy (non-hydrogen) atoms. The normalized spacial score (nSPS) is 20.8. The van der Waals surface area contributed by atoms with Crippen LogP contribution in [0.4, 0.5) is 5.13 Å². The fourth-order valence-electron chi connectivity index (χ4n) is 5.13. The maximum Gasteiger partial charge on any atom is 0.318 e. The molecular formula is C31H32ClN5O7S2. The number of hydrogen-bond acceptors (Lipinski definition) is 11. The van der Waals surface area contributed by atoms with Gasteiger partial charge >= 0.3 is 5.97 Å². The molecule has 2 aliphatic rings. The number of nitrogens with one attached hydrogen (secondary N) is 2. The molecule has 3 heterocycles. The van der Waals surface area contributed by atoms with Crippen LogP contribution in [-0.2, 0) is 33.5 Å². The summed E-state index contributed by atoms with van der Waals surface area (Å²) in [5, 5.41) is 10.5. The minimum Gasteiger partial charge on any atom is -0.452 e. The molecular weight excluding hydrogens is 654 g/mol. The number of nitrogens with zero attached hydrogens (tertiary/aromatic N) is 3. The highest BCUT2D eigenvalue weighted by molar-refractivity contribution is 8.00. The van der Waals surface area contributed by atoms with E-state index in [4.69, 9.17) is 25.9 Å². The number of benzene rings is 2. The molecule has 0 saturated carbocycles. The zero-order valence-electron chi connectivity index (χ0n) is 25.0. The first-order chi connectivity index (χ1) is 22.3. The number of anilines is 1. The van der Waals surface area contributed by atoms with Crippen molar-refractivity contribution in [2.75, 3.05) is 43.8 Å². The first kappa shape index (κ1) is 33.4. The Kier molecular flexibility index (Phi) is 10.9. The second-order valence-electron chi connectivity index (χ2n) is 10.5. The van der Waals surface area contributed by atoms with Gasteiger partial charge in [-0.3, -0.25) is 19.2 Å². The summed E-state index contributed by atoms with van der Waals surface area (Å²) in [4.78, 5) is 63.3. The summed E-state index contributed by atoms with van der Waals surface area (Å²) >= 11 is 8.00. The zero-order chi connectivity index (χ0) is 32.7. The number of thiazole rings is 1. The van der Waals surface area contributed by atoms with Gasteiger partial charge in [-0.05, 0) is 18.1 Å². The van der Waals surface area contributed by atoms with Crippen molar-refractivity contribution in [3.05, 3.63) is 82.9 Å². The topological polar surface area (TPSA) is 149 Å². The highest BCUT2D eigenvalue weighted by Gasteiger charge is 2.58. The Morgan fingerprint density at radius 3 is 2.41 bits per heavy atom. The molecule has 2 unspecified atom stereocenters. The number of amides is 3. The number of fused-ring (bicyclic) bond motifs is 1. The van der Waals surface area contributed by atoms with Gasteiger partial charge in [-0.1, -0.05) is 65.8 Å². The predicted octanol–water partition coefficient (Wildman–Crippen LogP) is 3.43. The molecule has 242 valence electrons. The summed E-state index contributed by atoms with van der Waals surface area (Å²) in [6.07, 6.45) is -0.650. The predicted molar refractivity (Wildman–Crippen MR) is 175 cm³/mol. The molecule has 12 nitrogen and oxygen atoms in total. The van der Waals surface area contributed by atoms with Crippen molar-refractivity contribution in [2.45, 2.75) is 24.4 Å². The third-order valence-electron chi connectivity index (χ3n) is 7.33. The number of alkyl halides is 1. The molecule has 3 atom stereocenters. The number of rotatable bonds is 13. The van der Waals surface area contributed by atoms with Crippen LogP contribution < -0.4 is 10.6 Å². The lowest BCUT2D eigenvalue weighted by atomic mass is 9.87. The fraction of sp³-hybridized carbons (Fsp3) is 0.355. The number of ether oxygens (including phenoxy) is 2. The van der Waals surface area contributed by atoms with E-state index in [-0.39, 0.29) is 48.1 Å². The lowest BCUT2D eigenvalue weighted by Gasteiger charge is -2.54. The molecule has 2 saturated heterocycles. The number of oxime groups is 1. The van der Waals surface area contributed by atoms with Crippen molar-refractivity contribution in [1.29, 1.82) is 0 Å². The van der Waals surface area contributed by atoms with Crippen LogP contribution in [0, 0.1) is 5.41 Å². The Labute approximate surface area is 278 Å². The van der Waals surface area contributed by atoms with E-state index in [1.54, 1.807) is 11.8 Å². The van der Waals surface area contributed by atoms with Crippen LogP contribution in [0.5, 0.6) is 0 Å². The van der Waals surface area contributed by atoms with Crippen molar-refractivity contribution in [3.63, 3.8) is 0 Å². The molecule has 2 N–H and O–H groups in total. The number of carbonyl (C=O) groups is 4. The van der Waals surface area contributed by atoms with Crippen LogP contribution >= 0.6 is 34.7 Å². The van der Waals surface area contributed by atoms with E-state index in [2.05, 4.69) is 20.8 Å². The molecule has 0 spiro atoms. The van der Waals surface area contributed by atoms with Crippen LogP contribution in [0.2, 0.25) is 0 Å². The number of methoxy groups -OCH3 is 1. The SMILES string of the molecule is CCON=C(C(=O)NC1C(=O)N2CC(COC)(C(=O)OC(c3ccccc3)c3ccccc3)CS[C@H]12)c1csc(NC(=O)CCl)n1. The second kappa shape index (κ2) is 15.1. The van der Waals surface area contributed by atoms with E-state index in [0.29, 0.717) is 5.75 Å². The average Bonchev–Trinajstić information content (AvgIpc) is 3.54. The fourth-order valence-corrected chi connectivity index (χ4v) is 7.42. The number of halogens is 1. The first-order valence-corrected chi connectivity index (χ1v) is 16.8. The average molecular weight is 686 g/mol. The lowest BCUT2D eigenvalue weighted by molar-refractivity contribution is -0.169. The summed E-state index contributed by atoms with van der Waals surface area (Å²) in [6, 6.07) is 18.1. The minimum absolute atomic E-state index is 0.0419. The van der Waals surface area contributed by atoms with Crippen LogP contribution in [0.15, 0.2) is 71.2 Å². The Morgan fingerprint density at radius 2 is 1.80 bits per heavy atom. The largest absolute Gasteiger partial charge is 0.452 e. The Balaban J connectivity index is 1.29. The maximum absolute atomic E-state index is 14.0. The van der Waals surface area contributed by atoms with E-state index in [9.17, 15) is 19.2 Å². The number of hydrogen-bond donors (Lipinski definition) is 2. The van der Waals surface area contributed by atoms with Gasteiger partial charge in [0.05, 0.1) is 6.61 Å². The molecule has 2 aromatic carbocycles. The van der Waals surface area contributed by atoms with Crippen LogP contribution in [0.25, 0.3) is 0 Å².